The van der Waals surface area contributed by atoms with Crippen molar-refractivity contribution in [3.8, 4) is 0 Å². The van der Waals surface area contributed by atoms with E-state index in [1.807, 2.05) is 12.1 Å². The zero-order valence-electron chi connectivity index (χ0n) is 11.4. The molecule has 0 saturated heterocycles. The quantitative estimate of drug-likeness (QED) is 0.576. The van der Waals surface area contributed by atoms with Gasteiger partial charge in [0.15, 0.2) is 0 Å². The second-order valence-corrected chi connectivity index (χ2v) is 4.92. The Labute approximate surface area is 119 Å². The van der Waals surface area contributed by atoms with Gasteiger partial charge in [-0.25, -0.2) is 0 Å². The molecule has 0 amide bonds. The zero-order chi connectivity index (χ0) is 13.5. The second-order valence-electron chi connectivity index (χ2n) is 4.11. The first-order valence-corrected chi connectivity index (χ1v) is 7.19. The molecule has 0 fully saturated rings. The molecule has 0 aliphatic carbocycles. The van der Waals surface area contributed by atoms with E-state index in [-0.39, 0.29) is 0 Å². The van der Waals surface area contributed by atoms with Crippen LogP contribution in [0.2, 0.25) is 0 Å². The summed E-state index contributed by atoms with van der Waals surface area (Å²) in [6.07, 6.45) is 1.92. The molecule has 0 spiro atoms. The fourth-order valence-electron chi connectivity index (χ4n) is 1.90. The molecule has 1 nitrogen and oxygen atoms in total. The normalized spacial score (nSPS) is 11.7. The van der Waals surface area contributed by atoms with Crippen LogP contribution in [0, 0.1) is 0 Å². The summed E-state index contributed by atoms with van der Waals surface area (Å²) in [5, 5.41) is 0. The summed E-state index contributed by atoms with van der Waals surface area (Å²) < 4.78 is 1.20. The fourth-order valence-corrected chi connectivity index (χ4v) is 3.02. The number of likely N-dealkylation sites (N-methyl/N-ethyl adjacent to an activating group) is 1. The predicted molar refractivity (Wildman–Crippen MR) is 82.9 cm³/mol. The summed E-state index contributed by atoms with van der Waals surface area (Å²) in [4.78, 5) is 2.33. The Morgan fingerprint density at radius 3 is 2.22 bits per heavy atom. The number of rotatable bonds is 6. The third-order valence-corrected chi connectivity index (χ3v) is 4.00. The van der Waals surface area contributed by atoms with Gasteiger partial charge in [-0.3, -0.25) is 0 Å². The predicted octanol–water partition coefficient (Wildman–Crippen LogP) is 3.29. The van der Waals surface area contributed by atoms with Gasteiger partial charge >= 0.3 is 119 Å². The van der Waals surface area contributed by atoms with Crippen molar-refractivity contribution in [2.45, 2.75) is 20.8 Å². The molecule has 0 atom stereocenters. The van der Waals surface area contributed by atoms with E-state index in [4.69, 9.17) is 0 Å². The standard InChI is InChI=1S/C16H21NSe/c1-5-13(4)15(14-11-9-8-10-12-14)16(18)17(6-2)7-3/h5,8-12H,1,6-7H2,2-4H3/b15-13+. The Balaban J connectivity index is 3.25. The molecule has 0 unspecified atom stereocenters. The minimum absolute atomic E-state index is 1.000. The Kier molecular flexibility index (Phi) is 6.11. The Morgan fingerprint density at radius 1 is 1.22 bits per heavy atom. The van der Waals surface area contributed by atoms with Crippen LogP contribution >= 0.6 is 0 Å². The van der Waals surface area contributed by atoms with Crippen LogP contribution in [0.1, 0.15) is 26.3 Å². The number of hydrogen-bond acceptors (Lipinski definition) is 1. The van der Waals surface area contributed by atoms with Crippen molar-refractivity contribution in [1.29, 1.82) is 0 Å². The molecule has 1 aromatic carbocycles. The molecule has 0 heterocycles. The van der Waals surface area contributed by atoms with Crippen LogP contribution in [0.3, 0.4) is 0 Å². The maximum absolute atomic E-state index is 3.90. The van der Waals surface area contributed by atoms with Gasteiger partial charge in [0.25, 0.3) is 0 Å². The molecule has 0 saturated carbocycles. The van der Waals surface area contributed by atoms with Crippen LogP contribution in [0.4, 0.5) is 0 Å². The SMILES string of the molecule is C=C/C(C)=C(/C(=[Se])N(CC)CC)c1ccccc1. The van der Waals surface area contributed by atoms with Gasteiger partial charge in [0.1, 0.15) is 0 Å². The molecule has 0 aromatic heterocycles. The van der Waals surface area contributed by atoms with Crippen molar-refractivity contribution in [2.24, 2.45) is 0 Å². The van der Waals surface area contributed by atoms with Crippen LogP contribution in [-0.2, 0) is 0 Å². The van der Waals surface area contributed by atoms with Crippen LogP contribution in [0.5, 0.6) is 0 Å². The first-order valence-electron chi connectivity index (χ1n) is 6.33. The zero-order valence-corrected chi connectivity index (χ0v) is 13.2. The summed E-state index contributed by atoms with van der Waals surface area (Å²) in [6.45, 7) is 12.3. The minimum atomic E-state index is 1.000. The summed E-state index contributed by atoms with van der Waals surface area (Å²) in [5.41, 5.74) is 3.67. The Morgan fingerprint density at radius 2 is 1.78 bits per heavy atom. The van der Waals surface area contributed by atoms with Gasteiger partial charge in [0.2, 0.25) is 0 Å². The monoisotopic (exact) mass is 307 g/mol. The van der Waals surface area contributed by atoms with Gasteiger partial charge in [-0.15, -0.1) is 0 Å². The van der Waals surface area contributed by atoms with Crippen molar-refractivity contribution in [3.05, 3.63) is 54.1 Å². The van der Waals surface area contributed by atoms with Gasteiger partial charge in [-0.1, -0.05) is 0 Å². The summed E-state index contributed by atoms with van der Waals surface area (Å²) in [5.74, 6) is 0. The molecule has 2 heteroatoms. The van der Waals surface area contributed by atoms with E-state index in [0.29, 0.717) is 0 Å². The van der Waals surface area contributed by atoms with E-state index >= 15 is 0 Å². The molecule has 18 heavy (non-hydrogen) atoms. The topological polar surface area (TPSA) is 3.24 Å². The van der Waals surface area contributed by atoms with E-state index in [0.717, 1.165) is 13.1 Å². The molecule has 96 valence electrons. The first-order chi connectivity index (χ1) is 8.65. The van der Waals surface area contributed by atoms with Crippen LogP contribution in [0.15, 0.2) is 48.6 Å². The van der Waals surface area contributed by atoms with Crippen LogP contribution in [0.25, 0.3) is 5.57 Å². The number of hydrogen-bond donors (Lipinski definition) is 0. The van der Waals surface area contributed by atoms with Crippen molar-refractivity contribution >= 4 is 25.7 Å². The van der Waals surface area contributed by atoms with Crippen molar-refractivity contribution in [3.63, 3.8) is 0 Å². The van der Waals surface area contributed by atoms with E-state index < -0.39 is 0 Å². The number of benzene rings is 1. The van der Waals surface area contributed by atoms with E-state index in [1.165, 1.54) is 21.3 Å². The summed E-state index contributed by atoms with van der Waals surface area (Å²) in [6, 6.07) is 10.5. The summed E-state index contributed by atoms with van der Waals surface area (Å²) in [7, 11) is 0. The third kappa shape index (κ3) is 3.44. The molecule has 1 rings (SSSR count). The molecule has 0 N–H and O–H groups in total. The van der Waals surface area contributed by atoms with Gasteiger partial charge in [0, 0.05) is 0 Å². The van der Waals surface area contributed by atoms with Gasteiger partial charge < -0.3 is 0 Å². The second kappa shape index (κ2) is 7.35. The van der Waals surface area contributed by atoms with E-state index in [9.17, 15) is 0 Å². The molecule has 0 aliphatic rings. The van der Waals surface area contributed by atoms with E-state index in [1.54, 1.807) is 0 Å². The molecule has 1 aromatic rings. The van der Waals surface area contributed by atoms with Crippen molar-refractivity contribution < 1.29 is 0 Å². The number of nitrogens with zero attached hydrogens (tertiary/aromatic N) is 1. The van der Waals surface area contributed by atoms with Gasteiger partial charge in [-0.2, -0.15) is 0 Å². The number of allylic oxidation sites excluding steroid dienone is 2. The van der Waals surface area contributed by atoms with Crippen LogP contribution < -0.4 is 0 Å². The van der Waals surface area contributed by atoms with Gasteiger partial charge in [-0.05, 0) is 0 Å². The van der Waals surface area contributed by atoms with E-state index in [2.05, 4.69) is 72.1 Å². The average Bonchev–Trinajstić information content (AvgIpc) is 2.41. The van der Waals surface area contributed by atoms with Gasteiger partial charge in [0.05, 0.1) is 0 Å². The molecule has 0 radical (unpaired) electrons. The average molecular weight is 306 g/mol. The molecule has 0 aliphatic heterocycles. The van der Waals surface area contributed by atoms with Crippen molar-refractivity contribution in [2.75, 3.05) is 13.1 Å². The summed E-state index contributed by atoms with van der Waals surface area (Å²) >= 11 is 3.23. The molecular formula is C16H21NSe. The molecular weight excluding hydrogens is 285 g/mol. The Bertz CT molecular complexity index is 441. The molecule has 0 bridgehead atoms. The first kappa shape index (κ1) is 14.9. The third-order valence-electron chi connectivity index (χ3n) is 3.03. The van der Waals surface area contributed by atoms with Crippen LogP contribution in [-0.4, -0.2) is 38.1 Å². The van der Waals surface area contributed by atoms with Crippen molar-refractivity contribution in [1.82, 2.24) is 4.90 Å². The maximum atomic E-state index is 3.90. The fraction of sp³-hybridized carbons (Fsp3) is 0.312. The Hall–Kier alpha value is -1.11.